The van der Waals surface area contributed by atoms with Crippen LogP contribution in [0.15, 0.2) is 47.1 Å². The van der Waals surface area contributed by atoms with E-state index in [1.54, 1.807) is 12.1 Å². The first kappa shape index (κ1) is 18.2. The number of carbonyl (C=O) groups excluding carboxylic acids is 1. The maximum Gasteiger partial charge on any atom is 0.305 e. The molecule has 6 nitrogen and oxygen atoms in total. The Morgan fingerprint density at radius 1 is 1.42 bits per heavy atom. The van der Waals surface area contributed by atoms with Crippen molar-refractivity contribution in [3.8, 4) is 0 Å². The van der Waals surface area contributed by atoms with E-state index in [0.29, 0.717) is 23.9 Å². The second kappa shape index (κ2) is 8.21. The molecule has 1 fully saturated rings. The van der Waals surface area contributed by atoms with Crippen LogP contribution in [0.3, 0.4) is 0 Å². The number of allylic oxidation sites excluding steroid dienone is 2. The summed E-state index contributed by atoms with van der Waals surface area (Å²) in [5.74, 6) is 0.725. The summed E-state index contributed by atoms with van der Waals surface area (Å²) in [6.45, 7) is 0. The van der Waals surface area contributed by atoms with Gasteiger partial charge in [0.1, 0.15) is 0 Å². The van der Waals surface area contributed by atoms with Crippen LogP contribution in [-0.2, 0) is 9.53 Å². The molecule has 0 aromatic heterocycles. The molecule has 0 amide bonds. The lowest BCUT2D eigenvalue weighted by Gasteiger charge is -2.18. The molecular formula is C20H23N3O3. The number of fused-ring (bicyclic) bond motifs is 1. The van der Waals surface area contributed by atoms with Crippen molar-refractivity contribution in [1.29, 1.82) is 0 Å². The maximum atomic E-state index is 11.3. The highest BCUT2D eigenvalue weighted by molar-refractivity contribution is 5.69. The summed E-state index contributed by atoms with van der Waals surface area (Å²) < 4.78 is 4.71. The summed E-state index contributed by atoms with van der Waals surface area (Å²) in [5, 5.41) is 14.0. The molecule has 1 N–H and O–H groups in total. The van der Waals surface area contributed by atoms with E-state index in [9.17, 15) is 9.90 Å². The van der Waals surface area contributed by atoms with Crippen LogP contribution in [0.4, 0.5) is 5.69 Å². The second-order valence-corrected chi connectivity index (χ2v) is 6.95. The third-order valence-corrected chi connectivity index (χ3v) is 5.39. The van der Waals surface area contributed by atoms with Gasteiger partial charge in [0, 0.05) is 22.9 Å². The van der Waals surface area contributed by atoms with Crippen molar-refractivity contribution in [2.75, 3.05) is 7.11 Å². The van der Waals surface area contributed by atoms with Crippen LogP contribution >= 0.6 is 0 Å². The van der Waals surface area contributed by atoms with Crippen LogP contribution in [-0.4, -0.2) is 24.3 Å². The van der Waals surface area contributed by atoms with E-state index in [0.717, 1.165) is 24.8 Å². The number of aliphatic hydroxyl groups excluding tert-OH is 1. The summed E-state index contributed by atoms with van der Waals surface area (Å²) >= 11 is 0. The average Bonchev–Trinajstić information content (AvgIpc) is 3.16. The molecule has 0 bridgehead atoms. The van der Waals surface area contributed by atoms with Crippen molar-refractivity contribution in [1.82, 2.24) is 0 Å². The Morgan fingerprint density at radius 3 is 2.88 bits per heavy atom. The Bertz CT molecular complexity index is 763. The molecule has 0 spiro atoms. The fourth-order valence-electron chi connectivity index (χ4n) is 4.08. The highest BCUT2D eigenvalue weighted by Crippen LogP contribution is 2.48. The summed E-state index contributed by atoms with van der Waals surface area (Å²) in [7, 11) is 1.41. The first-order valence-corrected chi connectivity index (χ1v) is 8.88. The molecule has 2 aliphatic rings. The van der Waals surface area contributed by atoms with Gasteiger partial charge in [-0.15, -0.1) is 0 Å². The lowest BCUT2D eigenvalue weighted by Crippen LogP contribution is -2.17. The monoisotopic (exact) mass is 353 g/mol. The number of aliphatic hydroxyl groups is 1. The first-order chi connectivity index (χ1) is 12.6. The minimum atomic E-state index is -0.331. The minimum Gasteiger partial charge on any atom is -0.469 e. The van der Waals surface area contributed by atoms with E-state index in [2.05, 4.69) is 22.2 Å². The van der Waals surface area contributed by atoms with Crippen LogP contribution in [0, 0.1) is 17.8 Å². The Hall–Kier alpha value is -2.56. The Labute approximate surface area is 152 Å². The Kier molecular flexibility index (Phi) is 5.76. The molecule has 6 heteroatoms. The van der Waals surface area contributed by atoms with Crippen molar-refractivity contribution in [3.05, 3.63) is 58.0 Å². The van der Waals surface area contributed by atoms with E-state index < -0.39 is 0 Å². The SMILES string of the molecule is COC(=O)CCC1=C[C@H]2C[C@@H](O)[C@H](/C=C/c3ccc(N=[N+]=[N-])cc3)[C@H]2C1. The van der Waals surface area contributed by atoms with Crippen molar-refractivity contribution < 1.29 is 14.6 Å². The summed E-state index contributed by atoms with van der Waals surface area (Å²) in [4.78, 5) is 14.1. The number of carbonyl (C=O) groups is 1. The number of nitrogens with zero attached hydrogens (tertiary/aromatic N) is 3. The third-order valence-electron chi connectivity index (χ3n) is 5.39. The second-order valence-electron chi connectivity index (χ2n) is 6.95. The van der Waals surface area contributed by atoms with Gasteiger partial charge in [-0.25, -0.2) is 0 Å². The van der Waals surface area contributed by atoms with Crippen LogP contribution in [0.5, 0.6) is 0 Å². The molecular weight excluding hydrogens is 330 g/mol. The van der Waals surface area contributed by atoms with Gasteiger partial charge in [-0.05, 0) is 42.2 Å². The zero-order valence-electron chi connectivity index (χ0n) is 14.8. The lowest BCUT2D eigenvalue weighted by atomic mass is 9.88. The van der Waals surface area contributed by atoms with E-state index in [1.165, 1.54) is 12.7 Å². The van der Waals surface area contributed by atoms with Gasteiger partial charge in [-0.1, -0.05) is 53.2 Å². The maximum absolute atomic E-state index is 11.3. The predicted molar refractivity (Wildman–Crippen MR) is 99.3 cm³/mol. The van der Waals surface area contributed by atoms with Gasteiger partial charge in [0.2, 0.25) is 0 Å². The minimum absolute atomic E-state index is 0.115. The highest BCUT2D eigenvalue weighted by atomic mass is 16.5. The van der Waals surface area contributed by atoms with Crippen LogP contribution in [0.25, 0.3) is 16.5 Å². The molecule has 4 atom stereocenters. The third kappa shape index (κ3) is 4.15. The topological polar surface area (TPSA) is 95.3 Å². The zero-order chi connectivity index (χ0) is 18.5. The number of azide groups is 1. The molecule has 0 aliphatic heterocycles. The number of methoxy groups -OCH3 is 1. The van der Waals surface area contributed by atoms with Crippen molar-refractivity contribution in [3.63, 3.8) is 0 Å². The van der Waals surface area contributed by atoms with Gasteiger partial charge in [0.25, 0.3) is 0 Å². The first-order valence-electron chi connectivity index (χ1n) is 8.88. The van der Waals surface area contributed by atoms with Gasteiger partial charge < -0.3 is 9.84 Å². The molecule has 26 heavy (non-hydrogen) atoms. The summed E-state index contributed by atoms with van der Waals surface area (Å²) in [6, 6.07) is 7.34. The predicted octanol–water partition coefficient (Wildman–Crippen LogP) is 4.54. The van der Waals surface area contributed by atoms with Crippen LogP contribution < -0.4 is 0 Å². The quantitative estimate of drug-likeness (QED) is 0.267. The van der Waals surface area contributed by atoms with Crippen LogP contribution in [0.1, 0.15) is 31.2 Å². The molecule has 0 radical (unpaired) electrons. The van der Waals surface area contributed by atoms with Gasteiger partial charge in [-0.3, -0.25) is 4.79 Å². The molecule has 1 aromatic carbocycles. The highest BCUT2D eigenvalue weighted by Gasteiger charge is 2.43. The number of ether oxygens (including phenoxy) is 1. The van der Waals surface area contributed by atoms with Crippen LogP contribution in [0.2, 0.25) is 0 Å². The average molecular weight is 353 g/mol. The molecule has 1 aromatic rings. The zero-order valence-corrected chi connectivity index (χ0v) is 14.8. The smallest absolute Gasteiger partial charge is 0.305 e. The van der Waals surface area contributed by atoms with E-state index in [1.807, 2.05) is 18.2 Å². The number of hydrogen-bond donors (Lipinski definition) is 1. The van der Waals surface area contributed by atoms with Crippen molar-refractivity contribution in [2.45, 2.75) is 31.8 Å². The number of esters is 1. The molecule has 0 heterocycles. The standard InChI is InChI=1S/C20H23N3O3/c1-26-20(25)9-5-14-10-15-12-19(24)17(18(15)11-14)8-4-13-2-6-16(7-3-13)22-23-21/h2-4,6-8,10,15,17-19,24H,5,9,11-12H2,1H3/b8-4+/t15-,17+,18-,19+/m0/s1. The fourth-order valence-corrected chi connectivity index (χ4v) is 4.08. The van der Waals surface area contributed by atoms with Crippen molar-refractivity contribution >= 4 is 17.7 Å². The Balaban J connectivity index is 1.62. The number of hydrogen-bond acceptors (Lipinski definition) is 4. The molecule has 2 aliphatic carbocycles. The van der Waals surface area contributed by atoms with Crippen molar-refractivity contribution in [2.24, 2.45) is 22.9 Å². The number of rotatable bonds is 6. The van der Waals surface area contributed by atoms with E-state index in [-0.39, 0.29) is 18.0 Å². The largest absolute Gasteiger partial charge is 0.469 e. The molecule has 0 unspecified atom stereocenters. The molecule has 3 rings (SSSR count). The van der Waals surface area contributed by atoms with E-state index >= 15 is 0 Å². The summed E-state index contributed by atoms with van der Waals surface area (Å²) in [5.41, 5.74) is 11.3. The van der Waals surface area contributed by atoms with Gasteiger partial charge in [0.05, 0.1) is 13.2 Å². The normalized spacial score (nSPS) is 27.1. The molecule has 1 saturated carbocycles. The van der Waals surface area contributed by atoms with Gasteiger partial charge in [-0.2, -0.15) is 0 Å². The molecule has 0 saturated heterocycles. The molecule has 136 valence electrons. The van der Waals surface area contributed by atoms with Gasteiger partial charge >= 0.3 is 5.97 Å². The van der Waals surface area contributed by atoms with E-state index in [4.69, 9.17) is 10.3 Å². The summed E-state index contributed by atoms with van der Waals surface area (Å²) in [6.07, 6.45) is 8.90. The van der Waals surface area contributed by atoms with Gasteiger partial charge in [0.15, 0.2) is 0 Å². The number of benzene rings is 1. The lowest BCUT2D eigenvalue weighted by molar-refractivity contribution is -0.140. The fraction of sp³-hybridized carbons (Fsp3) is 0.450. The Morgan fingerprint density at radius 2 is 2.19 bits per heavy atom.